The summed E-state index contributed by atoms with van der Waals surface area (Å²) in [5.74, 6) is -0.00530. The van der Waals surface area contributed by atoms with Gasteiger partial charge in [0.1, 0.15) is 0 Å². The Labute approximate surface area is 135 Å². The monoisotopic (exact) mass is 314 g/mol. The van der Waals surface area contributed by atoms with E-state index in [4.69, 9.17) is 4.84 Å². The first kappa shape index (κ1) is 20.9. The maximum atomic E-state index is 11.7. The van der Waals surface area contributed by atoms with Gasteiger partial charge in [-0.1, -0.05) is 34.6 Å². The predicted octanol–water partition coefficient (Wildman–Crippen LogP) is 3.19. The summed E-state index contributed by atoms with van der Waals surface area (Å²) in [5.41, 5.74) is 2.71. The Balaban J connectivity index is 3.78. The van der Waals surface area contributed by atoms with Crippen LogP contribution < -0.4 is 10.8 Å². The van der Waals surface area contributed by atoms with Crippen molar-refractivity contribution in [3.05, 3.63) is 0 Å². The van der Waals surface area contributed by atoms with E-state index in [1.165, 1.54) is 0 Å². The summed E-state index contributed by atoms with van der Waals surface area (Å²) in [5, 5.41) is 2.61. The number of amides is 2. The van der Waals surface area contributed by atoms with Gasteiger partial charge in [-0.2, -0.15) is 0 Å². The summed E-state index contributed by atoms with van der Waals surface area (Å²) < 4.78 is 0. The molecule has 2 N–H and O–H groups in total. The van der Waals surface area contributed by atoms with Crippen molar-refractivity contribution in [1.29, 1.82) is 0 Å². The average molecular weight is 314 g/mol. The van der Waals surface area contributed by atoms with E-state index in [9.17, 15) is 9.59 Å². The van der Waals surface area contributed by atoms with Crippen LogP contribution in [0.4, 0.5) is 0 Å². The molecular weight excluding hydrogens is 280 g/mol. The lowest BCUT2D eigenvalue weighted by Gasteiger charge is -2.24. The molecule has 0 fully saturated rings. The zero-order valence-electron chi connectivity index (χ0n) is 15.2. The second-order valence-electron chi connectivity index (χ2n) is 7.92. The Hall–Kier alpha value is -1.10. The predicted molar refractivity (Wildman–Crippen MR) is 89.1 cm³/mol. The molecule has 0 radical (unpaired) electrons. The molecule has 0 rings (SSSR count). The van der Waals surface area contributed by atoms with E-state index in [2.05, 4.69) is 45.4 Å². The first-order valence-electron chi connectivity index (χ1n) is 8.17. The van der Waals surface area contributed by atoms with Crippen LogP contribution in [-0.4, -0.2) is 25.5 Å². The number of nitrogens with one attached hydrogen (secondary N) is 2. The van der Waals surface area contributed by atoms with Crippen molar-refractivity contribution in [2.24, 2.45) is 10.8 Å². The second kappa shape index (κ2) is 9.82. The minimum absolute atomic E-state index is 0.0591. The third-order valence-corrected chi connectivity index (χ3v) is 3.52. The van der Waals surface area contributed by atoms with Gasteiger partial charge in [0.2, 0.25) is 11.8 Å². The molecule has 5 heteroatoms. The number of rotatable bonds is 10. The third kappa shape index (κ3) is 12.6. The van der Waals surface area contributed by atoms with Gasteiger partial charge in [0.05, 0.1) is 6.61 Å². The topological polar surface area (TPSA) is 67.4 Å². The normalized spacial score (nSPS) is 12.1. The van der Waals surface area contributed by atoms with Crippen molar-refractivity contribution in [3.63, 3.8) is 0 Å². The number of hydrogen-bond donors (Lipinski definition) is 2. The summed E-state index contributed by atoms with van der Waals surface area (Å²) >= 11 is 0. The molecule has 0 aromatic heterocycles. The van der Waals surface area contributed by atoms with Gasteiger partial charge >= 0.3 is 0 Å². The highest BCUT2D eigenvalue weighted by Crippen LogP contribution is 2.23. The molecule has 0 saturated carbocycles. The molecule has 0 aromatic carbocycles. The van der Waals surface area contributed by atoms with Crippen LogP contribution in [0.5, 0.6) is 0 Å². The Morgan fingerprint density at radius 2 is 1.45 bits per heavy atom. The lowest BCUT2D eigenvalue weighted by Crippen LogP contribution is -2.30. The largest absolute Gasteiger partial charge is 0.359 e. The Kier molecular flexibility index (Phi) is 9.33. The lowest BCUT2D eigenvalue weighted by molar-refractivity contribution is -0.136. The van der Waals surface area contributed by atoms with Crippen LogP contribution in [0.1, 0.15) is 73.1 Å². The third-order valence-electron chi connectivity index (χ3n) is 3.52. The summed E-state index contributed by atoms with van der Waals surface area (Å²) in [6.07, 6.45) is 4.60. The summed E-state index contributed by atoms with van der Waals surface area (Å²) in [6, 6.07) is 0. The van der Waals surface area contributed by atoms with Gasteiger partial charge in [0.15, 0.2) is 0 Å². The lowest BCUT2D eigenvalue weighted by atomic mass is 9.88. The van der Waals surface area contributed by atoms with Crippen LogP contribution in [0, 0.1) is 10.8 Å². The number of hydroxylamine groups is 1. The smallest absolute Gasteiger partial charge is 0.243 e. The summed E-state index contributed by atoms with van der Waals surface area (Å²) in [6.45, 7) is 11.1. The van der Waals surface area contributed by atoms with Gasteiger partial charge in [-0.05, 0) is 36.5 Å². The first-order chi connectivity index (χ1) is 10.1. The minimum Gasteiger partial charge on any atom is -0.359 e. The van der Waals surface area contributed by atoms with Crippen molar-refractivity contribution in [2.75, 3.05) is 13.7 Å². The quantitative estimate of drug-likeness (QED) is 0.609. The van der Waals surface area contributed by atoms with E-state index in [0.717, 1.165) is 25.7 Å². The van der Waals surface area contributed by atoms with Crippen LogP contribution in [0.2, 0.25) is 0 Å². The van der Waals surface area contributed by atoms with Crippen molar-refractivity contribution in [1.82, 2.24) is 10.8 Å². The molecule has 0 aliphatic rings. The molecule has 0 unspecified atom stereocenters. The Morgan fingerprint density at radius 3 is 2.00 bits per heavy atom. The zero-order chi connectivity index (χ0) is 17.2. The van der Waals surface area contributed by atoms with E-state index in [1.54, 1.807) is 7.05 Å². The fourth-order valence-electron chi connectivity index (χ4n) is 2.07. The van der Waals surface area contributed by atoms with Crippen LogP contribution in [0.15, 0.2) is 0 Å². The molecule has 130 valence electrons. The van der Waals surface area contributed by atoms with Crippen LogP contribution in [0.25, 0.3) is 0 Å². The maximum Gasteiger partial charge on any atom is 0.243 e. The van der Waals surface area contributed by atoms with Crippen molar-refractivity contribution >= 4 is 11.8 Å². The molecule has 0 aromatic rings. The average Bonchev–Trinajstić information content (AvgIpc) is 2.36. The molecule has 22 heavy (non-hydrogen) atoms. The van der Waals surface area contributed by atoms with E-state index in [-0.39, 0.29) is 22.6 Å². The molecule has 0 aliphatic heterocycles. The first-order valence-corrected chi connectivity index (χ1v) is 8.17. The van der Waals surface area contributed by atoms with Crippen molar-refractivity contribution in [3.8, 4) is 0 Å². The highest BCUT2D eigenvalue weighted by molar-refractivity contribution is 5.75. The fraction of sp³-hybridized carbons (Fsp3) is 0.882. The SMILES string of the molecule is CNC(=O)CCCC(C)(C)CONC(=O)CCCC(C)(C)C. The second-order valence-corrected chi connectivity index (χ2v) is 7.92. The number of carbonyl (C=O) groups is 2. The number of carbonyl (C=O) groups excluding carboxylic acids is 2. The Bertz CT molecular complexity index is 346. The van der Waals surface area contributed by atoms with Gasteiger partial charge in [-0.3, -0.25) is 14.4 Å². The number of hydrogen-bond acceptors (Lipinski definition) is 3. The molecule has 0 spiro atoms. The van der Waals surface area contributed by atoms with Gasteiger partial charge in [0.25, 0.3) is 0 Å². The molecule has 5 nitrogen and oxygen atoms in total. The highest BCUT2D eigenvalue weighted by Gasteiger charge is 2.19. The molecule has 0 saturated heterocycles. The van der Waals surface area contributed by atoms with Gasteiger partial charge in [0, 0.05) is 19.9 Å². The molecule has 0 atom stereocenters. The molecule has 2 amide bonds. The van der Waals surface area contributed by atoms with Gasteiger partial charge in [-0.15, -0.1) is 0 Å². The van der Waals surface area contributed by atoms with E-state index in [0.29, 0.717) is 19.4 Å². The Morgan fingerprint density at radius 1 is 0.909 bits per heavy atom. The van der Waals surface area contributed by atoms with E-state index in [1.807, 2.05) is 0 Å². The molecule has 0 bridgehead atoms. The maximum absolute atomic E-state index is 11.7. The van der Waals surface area contributed by atoms with Crippen molar-refractivity contribution in [2.45, 2.75) is 73.1 Å². The standard InChI is InChI=1S/C17H34N2O3/c1-16(2,3)11-7-10-15(21)19-22-13-17(4,5)12-8-9-14(20)18-6/h7-13H2,1-6H3,(H,18,20)(H,19,21). The highest BCUT2D eigenvalue weighted by atomic mass is 16.7. The van der Waals surface area contributed by atoms with Crippen LogP contribution in [-0.2, 0) is 14.4 Å². The summed E-state index contributed by atoms with van der Waals surface area (Å²) in [4.78, 5) is 28.2. The van der Waals surface area contributed by atoms with Crippen LogP contribution >= 0.6 is 0 Å². The van der Waals surface area contributed by atoms with E-state index < -0.39 is 0 Å². The van der Waals surface area contributed by atoms with E-state index >= 15 is 0 Å². The van der Waals surface area contributed by atoms with Crippen LogP contribution in [0.3, 0.4) is 0 Å². The summed E-state index contributed by atoms with van der Waals surface area (Å²) in [7, 11) is 1.64. The fourth-order valence-corrected chi connectivity index (χ4v) is 2.07. The molecular formula is C17H34N2O3. The van der Waals surface area contributed by atoms with Gasteiger partial charge < -0.3 is 5.32 Å². The minimum atomic E-state index is -0.0644. The van der Waals surface area contributed by atoms with Gasteiger partial charge in [-0.25, -0.2) is 5.48 Å². The van der Waals surface area contributed by atoms with Crippen molar-refractivity contribution < 1.29 is 14.4 Å². The molecule has 0 aliphatic carbocycles. The zero-order valence-corrected chi connectivity index (χ0v) is 15.2. The molecule has 0 heterocycles.